The van der Waals surface area contributed by atoms with Crippen molar-refractivity contribution in [3.8, 4) is 0 Å². The lowest BCUT2D eigenvalue weighted by Gasteiger charge is -2.15. The Balaban J connectivity index is 1.72. The fraction of sp³-hybridized carbons (Fsp3) is 0.467. The van der Waals surface area contributed by atoms with Gasteiger partial charge in [-0.3, -0.25) is 14.4 Å². The van der Waals surface area contributed by atoms with Gasteiger partial charge < -0.3 is 0 Å². The van der Waals surface area contributed by atoms with Gasteiger partial charge in [-0.25, -0.2) is 13.8 Å². The minimum Gasteiger partial charge on any atom is -0.298 e. The first kappa shape index (κ1) is 15.0. The molecule has 118 valence electrons. The van der Waals surface area contributed by atoms with Crippen molar-refractivity contribution in [2.75, 3.05) is 19.8 Å². The molecule has 1 aliphatic heterocycles. The zero-order valence-corrected chi connectivity index (χ0v) is 12.2. The predicted octanol–water partition coefficient (Wildman–Crippen LogP) is 2.58. The molecule has 0 amide bonds. The van der Waals surface area contributed by atoms with E-state index in [-0.39, 0.29) is 11.8 Å². The Morgan fingerprint density at radius 2 is 2.09 bits per heavy atom. The first-order chi connectivity index (χ1) is 10.6. The molecule has 0 spiro atoms. The minimum absolute atomic E-state index is 0.0831. The third-order valence-corrected chi connectivity index (χ3v) is 4.05. The number of hydrogen-bond acceptors (Lipinski definition) is 3. The summed E-state index contributed by atoms with van der Waals surface area (Å²) in [4.78, 5) is 6.31. The molecule has 7 heteroatoms. The Labute approximate surface area is 126 Å². The maximum absolute atomic E-state index is 13.3. The Morgan fingerprint density at radius 3 is 2.73 bits per heavy atom. The van der Waals surface area contributed by atoms with Crippen LogP contribution in [0.5, 0.6) is 0 Å². The standard InChI is InChI=1S/C15H17F3N4/c1-9-19-15(21-20-9)12-8-22(7-11(12)5-16)6-10-2-3-13(17)14(18)4-10/h2-4,11-12H,5-8H2,1H3,(H,19,20,21)/t11-,12-/m1/s1. The third-order valence-electron chi connectivity index (χ3n) is 4.05. The second kappa shape index (κ2) is 6.08. The molecule has 2 atom stereocenters. The molecule has 0 aliphatic carbocycles. The molecular formula is C15H17F3N4. The largest absolute Gasteiger partial charge is 0.298 e. The van der Waals surface area contributed by atoms with Crippen LogP contribution in [0, 0.1) is 24.5 Å². The molecule has 1 aromatic carbocycles. The van der Waals surface area contributed by atoms with Gasteiger partial charge in [-0.15, -0.1) is 0 Å². The fourth-order valence-corrected chi connectivity index (χ4v) is 2.96. The average Bonchev–Trinajstić information content (AvgIpc) is 3.09. The number of nitrogens with zero attached hydrogens (tertiary/aromatic N) is 3. The monoisotopic (exact) mass is 310 g/mol. The van der Waals surface area contributed by atoms with E-state index in [0.29, 0.717) is 36.8 Å². The summed E-state index contributed by atoms with van der Waals surface area (Å²) in [5, 5.41) is 6.90. The molecule has 1 fully saturated rings. The molecule has 0 radical (unpaired) electrons. The van der Waals surface area contributed by atoms with Gasteiger partial charge in [0.2, 0.25) is 0 Å². The van der Waals surface area contributed by atoms with Crippen LogP contribution < -0.4 is 0 Å². The first-order valence-electron chi connectivity index (χ1n) is 7.18. The molecule has 1 aliphatic rings. The zero-order chi connectivity index (χ0) is 15.7. The van der Waals surface area contributed by atoms with E-state index in [9.17, 15) is 13.2 Å². The molecule has 2 heterocycles. The van der Waals surface area contributed by atoms with Crippen LogP contribution in [-0.2, 0) is 6.54 Å². The van der Waals surface area contributed by atoms with Crippen molar-refractivity contribution < 1.29 is 13.2 Å². The Morgan fingerprint density at radius 1 is 1.27 bits per heavy atom. The molecule has 1 saturated heterocycles. The van der Waals surface area contributed by atoms with E-state index in [1.165, 1.54) is 6.07 Å². The summed E-state index contributed by atoms with van der Waals surface area (Å²) in [6.45, 7) is 2.95. The molecular weight excluding hydrogens is 293 g/mol. The number of aromatic nitrogens is 3. The molecule has 1 aromatic heterocycles. The summed E-state index contributed by atoms with van der Waals surface area (Å²) in [7, 11) is 0. The summed E-state index contributed by atoms with van der Waals surface area (Å²) < 4.78 is 39.5. The van der Waals surface area contributed by atoms with E-state index in [1.54, 1.807) is 13.0 Å². The number of rotatable bonds is 4. The van der Waals surface area contributed by atoms with Crippen molar-refractivity contribution in [2.45, 2.75) is 19.4 Å². The lowest BCUT2D eigenvalue weighted by atomic mass is 9.97. The number of nitrogens with one attached hydrogen (secondary N) is 1. The van der Waals surface area contributed by atoms with Gasteiger partial charge in [0.05, 0.1) is 6.67 Å². The highest BCUT2D eigenvalue weighted by Crippen LogP contribution is 2.32. The van der Waals surface area contributed by atoms with Crippen LogP contribution in [0.2, 0.25) is 0 Å². The summed E-state index contributed by atoms with van der Waals surface area (Å²) in [6.07, 6.45) is 0. The van der Waals surface area contributed by atoms with Crippen LogP contribution >= 0.6 is 0 Å². The molecule has 3 rings (SSSR count). The quantitative estimate of drug-likeness (QED) is 0.944. The first-order valence-corrected chi connectivity index (χ1v) is 7.18. The number of halogens is 3. The van der Waals surface area contributed by atoms with E-state index < -0.39 is 18.3 Å². The van der Waals surface area contributed by atoms with Crippen LogP contribution in [0.25, 0.3) is 0 Å². The smallest absolute Gasteiger partial charge is 0.159 e. The summed E-state index contributed by atoms with van der Waals surface area (Å²) in [5.74, 6) is -0.666. The van der Waals surface area contributed by atoms with Crippen LogP contribution in [0.4, 0.5) is 13.2 Å². The van der Waals surface area contributed by atoms with E-state index in [2.05, 4.69) is 15.2 Å². The van der Waals surface area contributed by atoms with Gasteiger partial charge in [0, 0.05) is 31.5 Å². The Kier molecular flexibility index (Phi) is 4.15. The Hall–Kier alpha value is -1.89. The van der Waals surface area contributed by atoms with E-state index in [1.807, 2.05) is 4.90 Å². The molecule has 0 bridgehead atoms. The van der Waals surface area contributed by atoms with E-state index in [4.69, 9.17) is 0 Å². The van der Waals surface area contributed by atoms with Crippen molar-refractivity contribution >= 4 is 0 Å². The van der Waals surface area contributed by atoms with Gasteiger partial charge in [-0.05, 0) is 24.6 Å². The lowest BCUT2D eigenvalue weighted by Crippen LogP contribution is -2.20. The van der Waals surface area contributed by atoms with Crippen LogP contribution in [0.1, 0.15) is 23.1 Å². The van der Waals surface area contributed by atoms with Crippen molar-refractivity contribution in [1.29, 1.82) is 0 Å². The van der Waals surface area contributed by atoms with Gasteiger partial charge in [-0.2, -0.15) is 5.10 Å². The lowest BCUT2D eigenvalue weighted by molar-refractivity contribution is 0.295. The predicted molar refractivity (Wildman–Crippen MR) is 75.0 cm³/mol. The summed E-state index contributed by atoms with van der Waals surface area (Å²) >= 11 is 0. The SMILES string of the molecule is Cc1nc([C@@H]2CN(Cc3ccc(F)c(F)c3)C[C@H]2CF)n[nH]1. The second-order valence-electron chi connectivity index (χ2n) is 5.74. The van der Waals surface area contributed by atoms with Gasteiger partial charge >= 0.3 is 0 Å². The summed E-state index contributed by atoms with van der Waals surface area (Å²) in [5.41, 5.74) is 0.670. The van der Waals surface area contributed by atoms with Crippen molar-refractivity contribution in [3.63, 3.8) is 0 Å². The van der Waals surface area contributed by atoms with E-state index in [0.717, 1.165) is 6.07 Å². The highest BCUT2D eigenvalue weighted by atomic mass is 19.2. The fourth-order valence-electron chi connectivity index (χ4n) is 2.96. The van der Waals surface area contributed by atoms with Crippen molar-refractivity contribution in [2.24, 2.45) is 5.92 Å². The van der Waals surface area contributed by atoms with Crippen molar-refractivity contribution in [1.82, 2.24) is 20.1 Å². The van der Waals surface area contributed by atoms with Gasteiger partial charge in [-0.1, -0.05) is 6.07 Å². The second-order valence-corrected chi connectivity index (χ2v) is 5.74. The Bertz CT molecular complexity index is 658. The molecule has 22 heavy (non-hydrogen) atoms. The molecule has 0 unspecified atom stereocenters. The number of alkyl halides is 1. The van der Waals surface area contributed by atoms with Crippen LogP contribution in [-0.4, -0.2) is 39.8 Å². The van der Waals surface area contributed by atoms with Crippen LogP contribution in [0.3, 0.4) is 0 Å². The third kappa shape index (κ3) is 2.99. The van der Waals surface area contributed by atoms with Gasteiger partial charge in [0.25, 0.3) is 0 Å². The topological polar surface area (TPSA) is 44.8 Å². The summed E-state index contributed by atoms with van der Waals surface area (Å²) in [6, 6.07) is 3.85. The van der Waals surface area contributed by atoms with Crippen molar-refractivity contribution in [3.05, 3.63) is 47.0 Å². The maximum atomic E-state index is 13.3. The number of likely N-dealkylation sites (tertiary alicyclic amines) is 1. The average molecular weight is 310 g/mol. The number of H-pyrrole nitrogens is 1. The minimum atomic E-state index is -0.861. The maximum Gasteiger partial charge on any atom is 0.159 e. The number of aromatic amines is 1. The highest BCUT2D eigenvalue weighted by molar-refractivity contribution is 5.18. The van der Waals surface area contributed by atoms with E-state index >= 15 is 0 Å². The highest BCUT2D eigenvalue weighted by Gasteiger charge is 2.36. The number of hydrogen-bond donors (Lipinski definition) is 1. The molecule has 2 aromatic rings. The van der Waals surface area contributed by atoms with Gasteiger partial charge in [0.1, 0.15) is 5.82 Å². The van der Waals surface area contributed by atoms with Crippen LogP contribution in [0.15, 0.2) is 18.2 Å². The number of benzene rings is 1. The normalized spacial score (nSPS) is 22.4. The number of aryl methyl sites for hydroxylation is 1. The van der Waals surface area contributed by atoms with Gasteiger partial charge in [0.15, 0.2) is 17.5 Å². The molecule has 4 nitrogen and oxygen atoms in total. The zero-order valence-electron chi connectivity index (χ0n) is 12.2. The molecule has 0 saturated carbocycles. The molecule has 1 N–H and O–H groups in total.